The number of rotatable bonds is 3. The lowest BCUT2D eigenvalue weighted by atomic mass is 9.82. The van der Waals surface area contributed by atoms with E-state index in [-0.39, 0.29) is 17.9 Å². The Balaban J connectivity index is 2.84. The summed E-state index contributed by atoms with van der Waals surface area (Å²) in [5.74, 6) is -4.07. The van der Waals surface area contributed by atoms with Gasteiger partial charge in [-0.2, -0.15) is 18.4 Å². The Morgan fingerprint density at radius 1 is 1.44 bits per heavy atom. The minimum absolute atomic E-state index is 0.0460. The van der Waals surface area contributed by atoms with Crippen molar-refractivity contribution in [1.29, 1.82) is 5.26 Å². The lowest BCUT2D eigenvalue weighted by Crippen LogP contribution is -2.27. The highest BCUT2D eigenvalue weighted by Gasteiger charge is 2.42. The molecule has 1 aliphatic rings. The van der Waals surface area contributed by atoms with Gasteiger partial charge in [-0.15, -0.1) is 0 Å². The van der Waals surface area contributed by atoms with E-state index in [1.165, 1.54) is 13.8 Å². The van der Waals surface area contributed by atoms with Gasteiger partial charge >= 0.3 is 12.1 Å². The molecule has 1 aromatic rings. The number of nitriles is 1. The summed E-state index contributed by atoms with van der Waals surface area (Å²) in [7, 11) is 0. The Labute approximate surface area is 160 Å². The van der Waals surface area contributed by atoms with Gasteiger partial charge in [-0.05, 0) is 41.9 Å². The Hall–Kier alpha value is -2.54. The molecule has 0 spiro atoms. The number of halogens is 5. The summed E-state index contributed by atoms with van der Waals surface area (Å²) in [5, 5.41) is 9.42. The summed E-state index contributed by atoms with van der Waals surface area (Å²) in [6, 6.07) is 2.85. The van der Waals surface area contributed by atoms with Crippen molar-refractivity contribution in [3.8, 4) is 6.07 Å². The van der Waals surface area contributed by atoms with Crippen molar-refractivity contribution >= 4 is 21.9 Å². The number of alkyl halides is 3. The molecule has 0 bridgehead atoms. The molecule has 1 aliphatic heterocycles. The molecule has 1 aromatic carbocycles. The molecule has 5 nitrogen and oxygen atoms in total. The van der Waals surface area contributed by atoms with E-state index in [0.717, 1.165) is 0 Å². The molecule has 27 heavy (non-hydrogen) atoms. The molecule has 0 radical (unpaired) electrons. The number of allylic oxidation sites excluding steroid dienone is 2. The first-order valence-electron chi connectivity index (χ1n) is 7.55. The zero-order chi connectivity index (χ0) is 20.5. The second kappa shape index (κ2) is 7.60. The van der Waals surface area contributed by atoms with Crippen molar-refractivity contribution in [2.24, 2.45) is 5.73 Å². The molecule has 144 valence electrons. The molecule has 0 amide bonds. The molecule has 10 heteroatoms. The fourth-order valence-electron chi connectivity index (χ4n) is 2.70. The first-order valence-corrected chi connectivity index (χ1v) is 8.34. The van der Waals surface area contributed by atoms with Crippen LogP contribution in [0.25, 0.3) is 0 Å². The van der Waals surface area contributed by atoms with Crippen LogP contribution in [0.4, 0.5) is 17.6 Å². The maximum atomic E-state index is 14.6. The van der Waals surface area contributed by atoms with E-state index in [9.17, 15) is 27.6 Å². The molecule has 1 unspecified atom stereocenters. The zero-order valence-corrected chi connectivity index (χ0v) is 15.7. The van der Waals surface area contributed by atoms with Gasteiger partial charge in [0, 0.05) is 10.0 Å². The van der Waals surface area contributed by atoms with Crippen molar-refractivity contribution in [2.75, 3.05) is 6.61 Å². The first kappa shape index (κ1) is 20.8. The molecular formula is C17H13BrF4N2O3. The summed E-state index contributed by atoms with van der Waals surface area (Å²) in [4.78, 5) is 12.4. The molecule has 2 N–H and O–H groups in total. The minimum atomic E-state index is -4.79. The maximum Gasteiger partial charge on any atom is 0.417 e. The number of ether oxygens (including phenoxy) is 2. The number of hydrogen-bond acceptors (Lipinski definition) is 5. The van der Waals surface area contributed by atoms with Crippen LogP contribution in [0.2, 0.25) is 0 Å². The van der Waals surface area contributed by atoms with E-state index in [1.54, 1.807) is 6.07 Å². The number of nitrogens with two attached hydrogens (primary N) is 1. The summed E-state index contributed by atoms with van der Waals surface area (Å²) in [6.45, 7) is 2.79. The van der Waals surface area contributed by atoms with Gasteiger partial charge in [-0.1, -0.05) is 0 Å². The molecule has 0 fully saturated rings. The highest BCUT2D eigenvalue weighted by molar-refractivity contribution is 9.10. The summed E-state index contributed by atoms with van der Waals surface area (Å²) in [5.41, 5.74) is 3.23. The third-order valence-electron chi connectivity index (χ3n) is 3.82. The van der Waals surface area contributed by atoms with Crippen LogP contribution < -0.4 is 5.73 Å². The fourth-order valence-corrected chi connectivity index (χ4v) is 3.47. The van der Waals surface area contributed by atoms with Gasteiger partial charge in [0.05, 0.1) is 23.7 Å². The normalized spacial score (nSPS) is 17.5. The van der Waals surface area contributed by atoms with Crippen molar-refractivity contribution in [3.05, 3.63) is 56.3 Å². The Kier molecular flexibility index (Phi) is 5.85. The van der Waals surface area contributed by atoms with Gasteiger partial charge < -0.3 is 15.2 Å². The lowest BCUT2D eigenvalue weighted by Gasteiger charge is -2.28. The lowest BCUT2D eigenvalue weighted by molar-refractivity contribution is -0.139. The van der Waals surface area contributed by atoms with E-state index < -0.39 is 50.9 Å². The predicted molar refractivity (Wildman–Crippen MR) is 89.1 cm³/mol. The first-order chi connectivity index (χ1) is 12.5. The van der Waals surface area contributed by atoms with Crippen LogP contribution in [-0.4, -0.2) is 12.6 Å². The summed E-state index contributed by atoms with van der Waals surface area (Å²) >= 11 is 2.77. The highest BCUT2D eigenvalue weighted by atomic mass is 79.9. The van der Waals surface area contributed by atoms with Crippen LogP contribution in [0.3, 0.4) is 0 Å². The van der Waals surface area contributed by atoms with Crippen LogP contribution in [0.1, 0.15) is 30.9 Å². The van der Waals surface area contributed by atoms with Crippen molar-refractivity contribution in [2.45, 2.75) is 25.9 Å². The van der Waals surface area contributed by atoms with E-state index in [2.05, 4.69) is 15.9 Å². The van der Waals surface area contributed by atoms with Crippen LogP contribution in [-0.2, 0) is 20.4 Å². The average Bonchev–Trinajstić information content (AvgIpc) is 2.53. The smallest absolute Gasteiger partial charge is 0.417 e. The Bertz CT molecular complexity index is 901. The Morgan fingerprint density at radius 3 is 2.59 bits per heavy atom. The molecule has 1 atom stereocenters. The third-order valence-corrected chi connectivity index (χ3v) is 4.68. The molecule has 1 heterocycles. The van der Waals surface area contributed by atoms with Gasteiger partial charge in [0.1, 0.15) is 23.2 Å². The predicted octanol–water partition coefficient (Wildman–Crippen LogP) is 4.25. The van der Waals surface area contributed by atoms with E-state index in [4.69, 9.17) is 15.2 Å². The molecule has 0 saturated carbocycles. The SMILES string of the molecule is CCOC(=O)C1=C(C)OC(N)=C(C#N)C1c1c(F)ccc(C(F)(F)F)c1Br. The number of nitrogens with zero attached hydrogens (tertiary/aromatic N) is 1. The van der Waals surface area contributed by atoms with E-state index >= 15 is 0 Å². The van der Waals surface area contributed by atoms with Crippen LogP contribution in [0.15, 0.2) is 39.4 Å². The second-order valence-electron chi connectivity index (χ2n) is 5.44. The quantitative estimate of drug-likeness (QED) is 0.551. The number of carbonyl (C=O) groups excluding carboxylic acids is 1. The maximum absolute atomic E-state index is 14.6. The van der Waals surface area contributed by atoms with Gasteiger partial charge in [-0.3, -0.25) is 0 Å². The fraction of sp³-hybridized carbons (Fsp3) is 0.294. The van der Waals surface area contributed by atoms with Crippen molar-refractivity contribution in [3.63, 3.8) is 0 Å². The third kappa shape index (κ3) is 3.78. The molecule has 0 aromatic heterocycles. The molecule has 0 saturated heterocycles. The summed E-state index contributed by atoms with van der Waals surface area (Å²) in [6.07, 6.45) is -4.79. The van der Waals surface area contributed by atoms with Gasteiger partial charge in [0.2, 0.25) is 5.88 Å². The number of benzene rings is 1. The van der Waals surface area contributed by atoms with Gasteiger partial charge in [-0.25, -0.2) is 9.18 Å². The van der Waals surface area contributed by atoms with Gasteiger partial charge in [0.15, 0.2) is 0 Å². The second-order valence-corrected chi connectivity index (χ2v) is 6.23. The van der Waals surface area contributed by atoms with Gasteiger partial charge in [0.25, 0.3) is 0 Å². The zero-order valence-electron chi connectivity index (χ0n) is 14.1. The number of esters is 1. The number of hydrogen-bond donors (Lipinski definition) is 1. The monoisotopic (exact) mass is 448 g/mol. The van der Waals surface area contributed by atoms with Crippen LogP contribution in [0, 0.1) is 17.1 Å². The standard InChI is InChI=1S/C17H13BrF4N2O3/c1-3-26-16(25)11-7(2)27-15(24)8(6-23)12(11)13-10(19)5-4-9(14(13)18)17(20,21)22/h4-5,12H,3,24H2,1-2H3. The van der Waals surface area contributed by atoms with Crippen LogP contribution in [0.5, 0.6) is 0 Å². The Morgan fingerprint density at radius 2 is 2.07 bits per heavy atom. The topological polar surface area (TPSA) is 85.3 Å². The van der Waals surface area contributed by atoms with E-state index in [1.807, 2.05) is 0 Å². The minimum Gasteiger partial charge on any atom is -0.463 e. The molecular weight excluding hydrogens is 436 g/mol. The summed E-state index contributed by atoms with van der Waals surface area (Å²) < 4.78 is 63.8. The molecule has 2 rings (SSSR count). The largest absolute Gasteiger partial charge is 0.463 e. The van der Waals surface area contributed by atoms with E-state index in [0.29, 0.717) is 12.1 Å². The average molecular weight is 449 g/mol. The highest BCUT2D eigenvalue weighted by Crippen LogP contribution is 2.46. The number of carbonyl (C=O) groups is 1. The van der Waals surface area contributed by atoms with Crippen LogP contribution >= 0.6 is 15.9 Å². The molecule has 0 aliphatic carbocycles. The van der Waals surface area contributed by atoms with Crippen molar-refractivity contribution < 1.29 is 31.8 Å². The van der Waals surface area contributed by atoms with Crippen molar-refractivity contribution in [1.82, 2.24) is 0 Å².